The standard InChI is InChI=1S/C21H27N5O2S/c1-20(2,3)28-19(27)23-17-15-7-5-4-6-14(15)12-21(17)8-10-26(11-9-21)18-22-13-16(29)24-25-18/h4-7,13,17H,8-12H2,1-3H3,(H,23,27)(H,24,29)/t17-/m1/s1. The van der Waals surface area contributed by atoms with Crippen molar-refractivity contribution in [2.24, 2.45) is 5.41 Å². The van der Waals surface area contributed by atoms with E-state index < -0.39 is 5.60 Å². The van der Waals surface area contributed by atoms with Crippen molar-refractivity contribution < 1.29 is 9.53 Å². The summed E-state index contributed by atoms with van der Waals surface area (Å²) in [4.78, 5) is 19.1. The van der Waals surface area contributed by atoms with Crippen LogP contribution in [0.4, 0.5) is 10.7 Å². The van der Waals surface area contributed by atoms with Gasteiger partial charge in [-0.05, 0) is 51.2 Å². The average molecular weight is 414 g/mol. The van der Waals surface area contributed by atoms with E-state index in [0.29, 0.717) is 11.0 Å². The van der Waals surface area contributed by atoms with Gasteiger partial charge in [0.25, 0.3) is 0 Å². The van der Waals surface area contributed by atoms with E-state index in [9.17, 15) is 4.79 Å². The van der Waals surface area contributed by atoms with Gasteiger partial charge in [-0.2, -0.15) is 0 Å². The fraction of sp³-hybridized carbons (Fsp3) is 0.524. The molecule has 29 heavy (non-hydrogen) atoms. The van der Waals surface area contributed by atoms with E-state index in [1.807, 2.05) is 26.8 Å². The Bertz CT molecular complexity index is 889. The number of amides is 1. The minimum Gasteiger partial charge on any atom is -0.444 e. The maximum atomic E-state index is 12.6. The second-order valence-corrected chi connectivity index (χ2v) is 9.38. The molecule has 0 unspecified atom stereocenters. The zero-order chi connectivity index (χ0) is 20.6. The Kier molecular flexibility index (Phi) is 5.14. The molecule has 1 saturated heterocycles. The maximum Gasteiger partial charge on any atom is 0.408 e. The van der Waals surface area contributed by atoms with Crippen molar-refractivity contribution in [3.63, 3.8) is 0 Å². The molecular formula is C21H27N5O2S. The van der Waals surface area contributed by atoms with Crippen molar-refractivity contribution in [1.29, 1.82) is 0 Å². The Morgan fingerprint density at radius 2 is 1.97 bits per heavy atom. The summed E-state index contributed by atoms with van der Waals surface area (Å²) < 4.78 is 5.55. The number of nitrogens with one attached hydrogen (secondary N) is 1. The number of hydrogen-bond acceptors (Lipinski definition) is 7. The molecule has 2 aromatic rings. The summed E-state index contributed by atoms with van der Waals surface area (Å²) in [6, 6.07) is 8.33. The zero-order valence-electron chi connectivity index (χ0n) is 17.1. The third kappa shape index (κ3) is 4.17. The van der Waals surface area contributed by atoms with Crippen LogP contribution < -0.4 is 10.2 Å². The van der Waals surface area contributed by atoms with Crippen LogP contribution in [0.1, 0.15) is 50.8 Å². The van der Waals surface area contributed by atoms with Crippen molar-refractivity contribution in [3.8, 4) is 0 Å². The van der Waals surface area contributed by atoms with Crippen LogP contribution in [0.3, 0.4) is 0 Å². The fourth-order valence-corrected chi connectivity index (χ4v) is 4.57. The molecule has 1 spiro atoms. The molecule has 1 aliphatic carbocycles. The number of rotatable bonds is 2. The van der Waals surface area contributed by atoms with Gasteiger partial charge in [0.05, 0.1) is 12.2 Å². The number of thiol groups is 1. The Morgan fingerprint density at radius 3 is 2.62 bits per heavy atom. The van der Waals surface area contributed by atoms with Crippen molar-refractivity contribution >= 4 is 24.7 Å². The van der Waals surface area contributed by atoms with Crippen molar-refractivity contribution in [3.05, 3.63) is 41.6 Å². The number of nitrogens with zero attached hydrogens (tertiary/aromatic N) is 4. The highest BCUT2D eigenvalue weighted by molar-refractivity contribution is 7.80. The molecule has 2 aliphatic rings. The number of carbonyl (C=O) groups is 1. The number of hydrogen-bond donors (Lipinski definition) is 2. The van der Waals surface area contributed by atoms with Crippen molar-refractivity contribution in [2.75, 3.05) is 18.0 Å². The Balaban J connectivity index is 1.54. The predicted molar refractivity (Wildman–Crippen MR) is 113 cm³/mol. The molecule has 2 heterocycles. The average Bonchev–Trinajstić information content (AvgIpc) is 2.95. The first-order valence-electron chi connectivity index (χ1n) is 9.97. The molecular weight excluding hydrogens is 386 g/mol. The molecule has 0 bridgehead atoms. The number of ether oxygens (including phenoxy) is 1. The highest BCUT2D eigenvalue weighted by Gasteiger charge is 2.48. The predicted octanol–water partition coefficient (Wildman–Crippen LogP) is 3.57. The molecule has 1 atom stereocenters. The molecule has 4 rings (SSSR count). The van der Waals surface area contributed by atoms with Crippen LogP contribution in [-0.2, 0) is 11.2 Å². The van der Waals surface area contributed by atoms with Gasteiger partial charge in [0.15, 0.2) is 0 Å². The lowest BCUT2D eigenvalue weighted by molar-refractivity contribution is 0.0428. The van der Waals surface area contributed by atoms with Crippen LogP contribution in [0.25, 0.3) is 0 Å². The molecule has 1 fully saturated rings. The second-order valence-electron chi connectivity index (χ2n) is 8.92. The van der Waals surface area contributed by atoms with Gasteiger partial charge in [-0.1, -0.05) is 24.3 Å². The van der Waals surface area contributed by atoms with E-state index in [1.165, 1.54) is 11.1 Å². The van der Waals surface area contributed by atoms with E-state index in [2.05, 4.69) is 56.2 Å². The number of aromatic nitrogens is 3. The van der Waals surface area contributed by atoms with Crippen LogP contribution >= 0.6 is 12.6 Å². The first-order valence-corrected chi connectivity index (χ1v) is 10.4. The molecule has 1 aliphatic heterocycles. The van der Waals surface area contributed by atoms with Gasteiger partial charge < -0.3 is 15.0 Å². The highest BCUT2D eigenvalue weighted by atomic mass is 32.1. The summed E-state index contributed by atoms with van der Waals surface area (Å²) in [5.41, 5.74) is 1.94. The summed E-state index contributed by atoms with van der Waals surface area (Å²) in [6.45, 7) is 7.27. The molecule has 154 valence electrons. The highest BCUT2D eigenvalue weighted by Crippen LogP contribution is 2.52. The number of fused-ring (bicyclic) bond motifs is 1. The van der Waals surface area contributed by atoms with Crippen molar-refractivity contribution in [2.45, 2.75) is 56.7 Å². The van der Waals surface area contributed by atoms with E-state index >= 15 is 0 Å². The van der Waals surface area contributed by atoms with Gasteiger partial charge in [-0.25, -0.2) is 9.78 Å². The van der Waals surface area contributed by atoms with Crippen LogP contribution in [0.15, 0.2) is 35.5 Å². The summed E-state index contributed by atoms with van der Waals surface area (Å²) in [5, 5.41) is 11.9. The minimum atomic E-state index is -0.526. The number of carbonyl (C=O) groups excluding carboxylic acids is 1. The fourth-order valence-electron chi connectivity index (χ4n) is 4.47. The van der Waals surface area contributed by atoms with Crippen molar-refractivity contribution in [1.82, 2.24) is 20.5 Å². The third-order valence-electron chi connectivity index (χ3n) is 5.76. The van der Waals surface area contributed by atoms with Gasteiger partial charge in [0, 0.05) is 18.5 Å². The second kappa shape index (κ2) is 7.48. The molecule has 1 amide bonds. The van der Waals surface area contributed by atoms with Crippen LogP contribution in [-0.4, -0.2) is 40.0 Å². The first-order chi connectivity index (χ1) is 13.8. The summed E-state index contributed by atoms with van der Waals surface area (Å²) in [5.74, 6) is 0.629. The Hall–Kier alpha value is -2.35. The lowest BCUT2D eigenvalue weighted by atomic mass is 9.73. The lowest BCUT2D eigenvalue weighted by Crippen LogP contribution is -2.48. The monoisotopic (exact) mass is 413 g/mol. The van der Waals surface area contributed by atoms with Gasteiger partial charge >= 0.3 is 6.09 Å². The Labute approximate surface area is 176 Å². The molecule has 8 heteroatoms. The molecule has 1 aromatic carbocycles. The summed E-state index contributed by atoms with van der Waals surface area (Å²) >= 11 is 4.16. The molecule has 0 saturated carbocycles. The first kappa shape index (κ1) is 19.9. The lowest BCUT2D eigenvalue weighted by Gasteiger charge is -2.43. The Morgan fingerprint density at radius 1 is 1.24 bits per heavy atom. The largest absolute Gasteiger partial charge is 0.444 e. The smallest absolute Gasteiger partial charge is 0.408 e. The van der Waals surface area contributed by atoms with Crippen LogP contribution in [0.2, 0.25) is 0 Å². The van der Waals surface area contributed by atoms with Gasteiger partial charge in [0.1, 0.15) is 10.6 Å². The quantitative estimate of drug-likeness (QED) is 0.733. The number of benzene rings is 1. The number of anilines is 1. The molecule has 0 radical (unpaired) electrons. The topological polar surface area (TPSA) is 80.2 Å². The molecule has 1 aromatic heterocycles. The minimum absolute atomic E-state index is 0.0337. The molecule has 7 nitrogen and oxygen atoms in total. The molecule has 1 N–H and O–H groups in total. The van der Waals surface area contributed by atoms with Crippen LogP contribution in [0.5, 0.6) is 0 Å². The van der Waals surface area contributed by atoms with E-state index in [4.69, 9.17) is 4.74 Å². The summed E-state index contributed by atoms with van der Waals surface area (Å²) in [6.07, 6.45) is 4.06. The van der Waals surface area contributed by atoms with E-state index in [-0.39, 0.29) is 17.6 Å². The van der Waals surface area contributed by atoms with Gasteiger partial charge in [-0.15, -0.1) is 22.8 Å². The normalized spacial score (nSPS) is 20.4. The maximum absolute atomic E-state index is 12.6. The number of piperidine rings is 1. The summed E-state index contributed by atoms with van der Waals surface area (Å²) in [7, 11) is 0. The zero-order valence-corrected chi connectivity index (χ0v) is 17.9. The van der Waals surface area contributed by atoms with E-state index in [0.717, 1.165) is 32.4 Å². The van der Waals surface area contributed by atoms with Crippen LogP contribution in [0, 0.1) is 5.41 Å². The number of alkyl carbamates (subject to hydrolysis) is 1. The van der Waals surface area contributed by atoms with Gasteiger partial charge in [-0.3, -0.25) is 0 Å². The SMILES string of the molecule is CC(C)(C)OC(=O)N[C@@H]1c2ccccc2CC12CCN(c1ncc(S)nn1)CC2. The third-order valence-corrected chi connectivity index (χ3v) is 5.97. The van der Waals surface area contributed by atoms with E-state index in [1.54, 1.807) is 6.20 Å². The van der Waals surface area contributed by atoms with Gasteiger partial charge in [0.2, 0.25) is 5.95 Å².